The molecule has 0 N–H and O–H groups in total. The minimum absolute atomic E-state index is 0.208. The Balaban J connectivity index is 2.36. The standard InChI is InChI=1S/C13H16BrN/c1-13(2)8-11(9-14)15-12(13)10-6-4-3-5-7-10/h3-7,11H,8-9H2,1-2H3. The Bertz CT molecular complexity index is 367. The molecule has 0 aliphatic carbocycles. The fraction of sp³-hybridized carbons (Fsp3) is 0.462. The summed E-state index contributed by atoms with van der Waals surface area (Å²) in [5, 5.41) is 0.965. The molecule has 1 aliphatic rings. The van der Waals surface area contributed by atoms with E-state index in [-0.39, 0.29) is 5.41 Å². The van der Waals surface area contributed by atoms with E-state index in [9.17, 15) is 0 Å². The highest BCUT2D eigenvalue weighted by molar-refractivity contribution is 9.09. The van der Waals surface area contributed by atoms with Crippen molar-refractivity contribution in [3.63, 3.8) is 0 Å². The molecule has 1 unspecified atom stereocenters. The number of alkyl halides is 1. The van der Waals surface area contributed by atoms with Gasteiger partial charge >= 0.3 is 0 Å². The summed E-state index contributed by atoms with van der Waals surface area (Å²) in [7, 11) is 0. The van der Waals surface area contributed by atoms with E-state index in [2.05, 4.69) is 54.0 Å². The van der Waals surface area contributed by atoms with Crippen molar-refractivity contribution in [2.45, 2.75) is 26.3 Å². The monoisotopic (exact) mass is 265 g/mol. The lowest BCUT2D eigenvalue weighted by molar-refractivity contribution is 0.480. The maximum Gasteiger partial charge on any atom is 0.0608 e. The molecule has 0 bridgehead atoms. The van der Waals surface area contributed by atoms with E-state index in [4.69, 9.17) is 4.99 Å². The Kier molecular flexibility index (Phi) is 2.96. The Hall–Kier alpha value is -0.630. The van der Waals surface area contributed by atoms with Gasteiger partial charge in [-0.2, -0.15) is 0 Å². The van der Waals surface area contributed by atoms with Crippen LogP contribution in [0.15, 0.2) is 35.3 Å². The van der Waals surface area contributed by atoms with Crippen LogP contribution in [0, 0.1) is 5.41 Å². The second-order valence-electron chi connectivity index (χ2n) is 4.74. The molecular formula is C13H16BrN. The molecule has 0 saturated carbocycles. The van der Waals surface area contributed by atoms with Crippen LogP contribution < -0.4 is 0 Å². The number of hydrogen-bond donors (Lipinski definition) is 0. The highest BCUT2D eigenvalue weighted by atomic mass is 79.9. The molecule has 0 spiro atoms. The summed E-state index contributed by atoms with van der Waals surface area (Å²) in [6.45, 7) is 4.56. The van der Waals surface area contributed by atoms with Crippen molar-refractivity contribution in [3.05, 3.63) is 35.9 Å². The lowest BCUT2D eigenvalue weighted by atomic mass is 9.82. The van der Waals surface area contributed by atoms with Gasteiger partial charge in [0.25, 0.3) is 0 Å². The molecule has 2 rings (SSSR count). The predicted molar refractivity (Wildman–Crippen MR) is 69.0 cm³/mol. The first-order valence-electron chi connectivity index (χ1n) is 5.33. The van der Waals surface area contributed by atoms with Crippen LogP contribution in [0.2, 0.25) is 0 Å². The lowest BCUT2D eigenvalue weighted by Gasteiger charge is -2.20. The van der Waals surface area contributed by atoms with E-state index >= 15 is 0 Å². The zero-order valence-electron chi connectivity index (χ0n) is 9.20. The van der Waals surface area contributed by atoms with Crippen molar-refractivity contribution in [3.8, 4) is 0 Å². The molecule has 0 saturated heterocycles. The van der Waals surface area contributed by atoms with Crippen LogP contribution in [0.5, 0.6) is 0 Å². The van der Waals surface area contributed by atoms with Crippen molar-refractivity contribution in [2.75, 3.05) is 5.33 Å². The molecule has 15 heavy (non-hydrogen) atoms. The quantitative estimate of drug-likeness (QED) is 0.724. The highest BCUT2D eigenvalue weighted by Crippen LogP contribution is 2.35. The summed E-state index contributed by atoms with van der Waals surface area (Å²) >= 11 is 3.52. The van der Waals surface area contributed by atoms with Crippen LogP contribution in [0.1, 0.15) is 25.8 Å². The van der Waals surface area contributed by atoms with Gasteiger partial charge in [-0.3, -0.25) is 4.99 Å². The zero-order chi connectivity index (χ0) is 10.9. The summed E-state index contributed by atoms with van der Waals surface area (Å²) in [5.41, 5.74) is 2.73. The number of nitrogens with zero attached hydrogens (tertiary/aromatic N) is 1. The van der Waals surface area contributed by atoms with E-state index in [1.807, 2.05) is 6.07 Å². The van der Waals surface area contributed by atoms with Gasteiger partial charge in [-0.1, -0.05) is 60.1 Å². The number of benzene rings is 1. The molecule has 0 amide bonds. The van der Waals surface area contributed by atoms with Crippen molar-refractivity contribution < 1.29 is 0 Å². The number of halogens is 1. The molecule has 0 fully saturated rings. The third-order valence-electron chi connectivity index (χ3n) is 2.92. The van der Waals surface area contributed by atoms with E-state index in [0.29, 0.717) is 6.04 Å². The molecule has 2 heteroatoms. The first-order chi connectivity index (χ1) is 7.13. The SMILES string of the molecule is CC1(C)CC(CBr)N=C1c1ccccc1. The van der Waals surface area contributed by atoms with Gasteiger partial charge in [0.2, 0.25) is 0 Å². The minimum Gasteiger partial charge on any atom is -0.284 e. The molecule has 1 aromatic rings. The van der Waals surface area contributed by atoms with E-state index in [1.54, 1.807) is 0 Å². The molecule has 1 atom stereocenters. The fourth-order valence-corrected chi connectivity index (χ4v) is 2.61. The van der Waals surface area contributed by atoms with Gasteiger partial charge in [0.1, 0.15) is 0 Å². The van der Waals surface area contributed by atoms with Crippen LogP contribution in [0.25, 0.3) is 0 Å². The van der Waals surface area contributed by atoms with Gasteiger partial charge in [-0.15, -0.1) is 0 Å². The Labute approximate surface area is 99.7 Å². The lowest BCUT2D eigenvalue weighted by Crippen LogP contribution is -2.21. The number of rotatable bonds is 2. The molecular weight excluding hydrogens is 250 g/mol. The van der Waals surface area contributed by atoms with E-state index < -0.39 is 0 Å². The minimum atomic E-state index is 0.208. The predicted octanol–water partition coefficient (Wildman–Crippen LogP) is 3.67. The van der Waals surface area contributed by atoms with Crippen LogP contribution >= 0.6 is 15.9 Å². The third-order valence-corrected chi connectivity index (χ3v) is 3.67. The van der Waals surface area contributed by atoms with Gasteiger partial charge in [-0.05, 0) is 12.0 Å². The summed E-state index contributed by atoms with van der Waals surface area (Å²) in [5.74, 6) is 0. The number of hydrogen-bond acceptors (Lipinski definition) is 1. The third kappa shape index (κ3) is 2.15. The number of aliphatic imine (C=N–C) groups is 1. The van der Waals surface area contributed by atoms with Gasteiger partial charge in [0.15, 0.2) is 0 Å². The normalized spacial score (nSPS) is 23.9. The van der Waals surface area contributed by atoms with Crippen LogP contribution in [-0.2, 0) is 0 Å². The van der Waals surface area contributed by atoms with Gasteiger partial charge in [0, 0.05) is 16.5 Å². The Morgan fingerprint density at radius 1 is 1.33 bits per heavy atom. The van der Waals surface area contributed by atoms with E-state index in [0.717, 1.165) is 11.8 Å². The van der Waals surface area contributed by atoms with E-state index in [1.165, 1.54) is 11.3 Å². The fourth-order valence-electron chi connectivity index (χ4n) is 2.24. The molecule has 1 nitrogen and oxygen atoms in total. The Morgan fingerprint density at radius 3 is 2.53 bits per heavy atom. The average molecular weight is 266 g/mol. The van der Waals surface area contributed by atoms with Crippen LogP contribution in [0.4, 0.5) is 0 Å². The van der Waals surface area contributed by atoms with Crippen molar-refractivity contribution in [2.24, 2.45) is 10.4 Å². The van der Waals surface area contributed by atoms with Gasteiger partial charge < -0.3 is 0 Å². The van der Waals surface area contributed by atoms with Gasteiger partial charge in [0.05, 0.1) is 6.04 Å². The second kappa shape index (κ2) is 4.09. The maximum absolute atomic E-state index is 4.80. The van der Waals surface area contributed by atoms with Crippen LogP contribution in [0.3, 0.4) is 0 Å². The molecule has 0 radical (unpaired) electrons. The van der Waals surface area contributed by atoms with Crippen molar-refractivity contribution in [1.82, 2.24) is 0 Å². The van der Waals surface area contributed by atoms with Crippen molar-refractivity contribution >= 4 is 21.6 Å². The summed E-state index contributed by atoms with van der Waals surface area (Å²) < 4.78 is 0. The first-order valence-corrected chi connectivity index (χ1v) is 6.45. The average Bonchev–Trinajstić information content (AvgIpc) is 2.55. The van der Waals surface area contributed by atoms with Gasteiger partial charge in [-0.25, -0.2) is 0 Å². The smallest absolute Gasteiger partial charge is 0.0608 e. The summed E-state index contributed by atoms with van der Waals surface area (Å²) in [6.07, 6.45) is 1.14. The second-order valence-corrected chi connectivity index (χ2v) is 5.39. The molecule has 0 aromatic heterocycles. The molecule has 80 valence electrons. The maximum atomic E-state index is 4.80. The topological polar surface area (TPSA) is 12.4 Å². The Morgan fingerprint density at radius 2 is 2.00 bits per heavy atom. The molecule has 1 aliphatic heterocycles. The molecule has 1 aromatic carbocycles. The van der Waals surface area contributed by atoms with Crippen LogP contribution in [-0.4, -0.2) is 17.1 Å². The van der Waals surface area contributed by atoms with Crippen molar-refractivity contribution in [1.29, 1.82) is 0 Å². The summed E-state index contributed by atoms with van der Waals surface area (Å²) in [6, 6.07) is 10.9. The highest BCUT2D eigenvalue weighted by Gasteiger charge is 2.35. The first kappa shape index (κ1) is 10.9. The molecule has 1 heterocycles. The zero-order valence-corrected chi connectivity index (χ0v) is 10.8. The summed E-state index contributed by atoms with van der Waals surface area (Å²) in [4.78, 5) is 4.80. The largest absolute Gasteiger partial charge is 0.284 e.